The van der Waals surface area contributed by atoms with E-state index in [0.29, 0.717) is 5.56 Å². The summed E-state index contributed by atoms with van der Waals surface area (Å²) in [7, 11) is 0. The monoisotopic (exact) mass is 356 g/mol. The van der Waals surface area contributed by atoms with E-state index in [0.717, 1.165) is 40.7 Å². The number of halogens is 1. The van der Waals surface area contributed by atoms with Gasteiger partial charge in [-0.3, -0.25) is 4.79 Å². The number of nitrogens with one attached hydrogen (secondary N) is 1. The molecule has 0 radical (unpaired) electrons. The molecule has 20 heavy (non-hydrogen) atoms. The van der Waals surface area contributed by atoms with E-state index in [-0.39, 0.29) is 19.4 Å². The molecule has 3 rings (SSSR count). The molecule has 1 fully saturated rings. The van der Waals surface area contributed by atoms with Crippen LogP contribution in [0.1, 0.15) is 30.6 Å². The van der Waals surface area contributed by atoms with Crippen LogP contribution in [0.15, 0.2) is 22.1 Å². The Bertz CT molecular complexity index is 608. The summed E-state index contributed by atoms with van der Waals surface area (Å²) < 4.78 is 6.18. The Morgan fingerprint density at radius 2 is 2.20 bits per heavy atom. The highest BCUT2D eigenvalue weighted by Crippen LogP contribution is 2.26. The SMILES string of the molecule is C.O=C(NC1CCOCC1)c1csc2ncc(Br)cc12. The predicted octanol–water partition coefficient (Wildman–Crippen LogP) is 3.60. The Hall–Kier alpha value is -0.980. The van der Waals surface area contributed by atoms with Crippen LogP contribution in [0.25, 0.3) is 10.2 Å². The molecule has 0 aromatic carbocycles. The average molecular weight is 357 g/mol. The molecular formula is C14H17BrN2O2S. The van der Waals surface area contributed by atoms with Crippen LogP contribution in [0.5, 0.6) is 0 Å². The molecule has 108 valence electrons. The van der Waals surface area contributed by atoms with Gasteiger partial charge in [0.25, 0.3) is 5.91 Å². The van der Waals surface area contributed by atoms with Crippen molar-refractivity contribution in [3.05, 3.63) is 27.7 Å². The fraction of sp³-hybridized carbons (Fsp3) is 0.429. The molecule has 0 atom stereocenters. The normalized spacial score (nSPS) is 15.8. The van der Waals surface area contributed by atoms with Crippen molar-refractivity contribution in [1.82, 2.24) is 10.3 Å². The molecular weight excluding hydrogens is 340 g/mol. The van der Waals surface area contributed by atoms with Crippen molar-refractivity contribution in [3.8, 4) is 0 Å². The average Bonchev–Trinajstić information content (AvgIpc) is 2.82. The van der Waals surface area contributed by atoms with Gasteiger partial charge in [0.05, 0.1) is 5.56 Å². The molecule has 0 aliphatic carbocycles. The zero-order valence-corrected chi connectivity index (χ0v) is 12.6. The number of thiophene rings is 1. The van der Waals surface area contributed by atoms with Gasteiger partial charge >= 0.3 is 0 Å². The molecule has 3 heterocycles. The maximum absolute atomic E-state index is 12.3. The van der Waals surface area contributed by atoms with Gasteiger partial charge in [0, 0.05) is 40.7 Å². The molecule has 1 aliphatic heterocycles. The van der Waals surface area contributed by atoms with E-state index in [1.54, 1.807) is 6.20 Å². The van der Waals surface area contributed by atoms with Gasteiger partial charge in [0.15, 0.2) is 0 Å². The summed E-state index contributed by atoms with van der Waals surface area (Å²) in [4.78, 5) is 17.5. The third-order valence-corrected chi connectivity index (χ3v) is 4.53. The third-order valence-electron chi connectivity index (χ3n) is 3.20. The lowest BCUT2D eigenvalue weighted by Crippen LogP contribution is -2.38. The maximum Gasteiger partial charge on any atom is 0.253 e. The Balaban J connectivity index is 0.00000147. The molecule has 1 aliphatic rings. The van der Waals surface area contributed by atoms with Crippen LogP contribution in [-0.2, 0) is 4.74 Å². The highest BCUT2D eigenvalue weighted by Gasteiger charge is 2.19. The highest BCUT2D eigenvalue weighted by atomic mass is 79.9. The van der Waals surface area contributed by atoms with E-state index >= 15 is 0 Å². The van der Waals surface area contributed by atoms with Gasteiger partial charge in [-0.2, -0.15) is 0 Å². The smallest absolute Gasteiger partial charge is 0.253 e. The standard InChI is InChI=1S/C13H13BrN2O2S.CH4/c14-8-5-10-11(7-19-13(10)15-6-8)12(17)16-9-1-3-18-4-2-9;/h5-7,9H,1-4H2,(H,16,17);1H4. The molecule has 4 nitrogen and oxygen atoms in total. The van der Waals surface area contributed by atoms with Gasteiger partial charge in [-0.25, -0.2) is 4.98 Å². The molecule has 2 aromatic rings. The van der Waals surface area contributed by atoms with E-state index in [1.165, 1.54) is 11.3 Å². The van der Waals surface area contributed by atoms with Crippen LogP contribution >= 0.6 is 27.3 Å². The second-order valence-corrected chi connectivity index (χ2v) is 6.29. The summed E-state index contributed by atoms with van der Waals surface area (Å²) in [6.07, 6.45) is 3.52. The topological polar surface area (TPSA) is 51.2 Å². The Kier molecular flexibility index (Phi) is 5.12. The number of nitrogens with zero attached hydrogens (tertiary/aromatic N) is 1. The number of hydrogen-bond acceptors (Lipinski definition) is 4. The lowest BCUT2D eigenvalue weighted by Gasteiger charge is -2.22. The largest absolute Gasteiger partial charge is 0.381 e. The summed E-state index contributed by atoms with van der Waals surface area (Å²) in [6.45, 7) is 1.45. The molecule has 0 bridgehead atoms. The first-order valence-electron chi connectivity index (χ1n) is 6.15. The zero-order valence-electron chi connectivity index (χ0n) is 10.2. The van der Waals surface area contributed by atoms with E-state index in [1.807, 2.05) is 11.4 Å². The lowest BCUT2D eigenvalue weighted by molar-refractivity contribution is 0.0697. The predicted molar refractivity (Wildman–Crippen MR) is 85.4 cm³/mol. The van der Waals surface area contributed by atoms with Crippen molar-refractivity contribution in [2.45, 2.75) is 26.3 Å². The van der Waals surface area contributed by atoms with E-state index < -0.39 is 0 Å². The van der Waals surface area contributed by atoms with Gasteiger partial charge in [0.1, 0.15) is 4.83 Å². The first-order chi connectivity index (χ1) is 9.24. The van der Waals surface area contributed by atoms with E-state index in [9.17, 15) is 4.79 Å². The third kappa shape index (κ3) is 3.19. The molecule has 2 aromatic heterocycles. The van der Waals surface area contributed by atoms with Crippen LogP contribution in [-0.4, -0.2) is 30.1 Å². The van der Waals surface area contributed by atoms with Gasteiger partial charge in [-0.15, -0.1) is 11.3 Å². The number of aromatic nitrogens is 1. The first kappa shape index (κ1) is 15.4. The number of hydrogen-bond donors (Lipinski definition) is 1. The summed E-state index contributed by atoms with van der Waals surface area (Å²) in [5.74, 6) is -0.0157. The van der Waals surface area contributed by atoms with Crippen molar-refractivity contribution in [2.75, 3.05) is 13.2 Å². The van der Waals surface area contributed by atoms with Crippen molar-refractivity contribution in [3.63, 3.8) is 0 Å². The Morgan fingerprint density at radius 3 is 2.95 bits per heavy atom. The molecule has 6 heteroatoms. The number of carbonyl (C=O) groups excluding carboxylic acids is 1. The molecule has 0 saturated carbocycles. The van der Waals surface area contributed by atoms with Crippen LogP contribution in [0.2, 0.25) is 0 Å². The zero-order chi connectivity index (χ0) is 13.2. The Labute approximate surface area is 130 Å². The molecule has 1 amide bonds. The fourth-order valence-corrected chi connectivity index (χ4v) is 3.38. The van der Waals surface area contributed by atoms with Crippen LogP contribution < -0.4 is 5.32 Å². The van der Waals surface area contributed by atoms with Crippen LogP contribution in [0, 0.1) is 0 Å². The first-order valence-corrected chi connectivity index (χ1v) is 7.82. The summed E-state index contributed by atoms with van der Waals surface area (Å²) in [5, 5.41) is 5.86. The van der Waals surface area contributed by atoms with Crippen molar-refractivity contribution < 1.29 is 9.53 Å². The van der Waals surface area contributed by atoms with Crippen LogP contribution in [0.3, 0.4) is 0 Å². The number of ether oxygens (including phenoxy) is 1. The lowest BCUT2D eigenvalue weighted by atomic mass is 10.1. The number of carbonyl (C=O) groups is 1. The van der Waals surface area contributed by atoms with Gasteiger partial charge < -0.3 is 10.1 Å². The number of pyridine rings is 1. The number of amides is 1. The van der Waals surface area contributed by atoms with Gasteiger partial charge in [0.2, 0.25) is 0 Å². The van der Waals surface area contributed by atoms with Crippen molar-refractivity contribution in [2.24, 2.45) is 0 Å². The minimum atomic E-state index is -0.0157. The van der Waals surface area contributed by atoms with Crippen LogP contribution in [0.4, 0.5) is 0 Å². The van der Waals surface area contributed by atoms with E-state index in [4.69, 9.17) is 4.74 Å². The molecule has 1 saturated heterocycles. The minimum Gasteiger partial charge on any atom is -0.381 e. The molecule has 1 N–H and O–H groups in total. The van der Waals surface area contributed by atoms with E-state index in [2.05, 4.69) is 26.2 Å². The van der Waals surface area contributed by atoms with Crippen molar-refractivity contribution in [1.29, 1.82) is 0 Å². The number of fused-ring (bicyclic) bond motifs is 1. The fourth-order valence-electron chi connectivity index (χ4n) is 2.17. The summed E-state index contributed by atoms with van der Waals surface area (Å²) in [5.41, 5.74) is 0.709. The van der Waals surface area contributed by atoms with Crippen molar-refractivity contribution >= 4 is 43.4 Å². The molecule has 0 unspecified atom stereocenters. The second kappa shape index (κ2) is 6.65. The highest BCUT2D eigenvalue weighted by molar-refractivity contribution is 9.10. The van der Waals surface area contributed by atoms with Gasteiger partial charge in [-0.1, -0.05) is 7.43 Å². The quantitative estimate of drug-likeness (QED) is 0.894. The maximum atomic E-state index is 12.3. The summed E-state index contributed by atoms with van der Waals surface area (Å²) >= 11 is 4.89. The second-order valence-electron chi connectivity index (χ2n) is 4.52. The minimum absolute atomic E-state index is 0. The Morgan fingerprint density at radius 1 is 1.45 bits per heavy atom. The number of rotatable bonds is 2. The summed E-state index contributed by atoms with van der Waals surface area (Å²) in [6, 6.07) is 2.16. The molecule has 0 spiro atoms. The van der Waals surface area contributed by atoms with Gasteiger partial charge in [-0.05, 0) is 34.8 Å².